The van der Waals surface area contributed by atoms with Gasteiger partial charge >= 0.3 is 0 Å². The van der Waals surface area contributed by atoms with Gasteiger partial charge in [-0.05, 0) is 55.9 Å². The number of nitrogens with zero attached hydrogens (tertiary/aromatic N) is 2. The third kappa shape index (κ3) is 2.84. The molecule has 0 saturated carbocycles. The molecule has 0 fully saturated rings. The molecule has 4 nitrogen and oxygen atoms in total. The van der Waals surface area contributed by atoms with Gasteiger partial charge in [-0.1, -0.05) is 13.0 Å². The molecule has 1 aliphatic carbocycles. The quantitative estimate of drug-likeness (QED) is 0.878. The van der Waals surface area contributed by atoms with Gasteiger partial charge in [-0.3, -0.25) is 0 Å². The van der Waals surface area contributed by atoms with Crippen molar-refractivity contribution in [3.63, 3.8) is 0 Å². The lowest BCUT2D eigenvalue weighted by molar-refractivity contribution is 0.912. The highest BCUT2D eigenvalue weighted by molar-refractivity contribution is 5.65. The van der Waals surface area contributed by atoms with Crippen molar-refractivity contribution in [2.45, 2.75) is 39.5 Å². The maximum Gasteiger partial charge on any atom is 0.139 e. The first-order chi connectivity index (χ1) is 10.3. The topological polar surface area (TPSA) is 49.8 Å². The Bertz CT molecular complexity index is 637. The van der Waals surface area contributed by atoms with Crippen molar-refractivity contribution in [2.75, 3.05) is 17.2 Å². The van der Waals surface area contributed by atoms with Gasteiger partial charge in [0.25, 0.3) is 0 Å². The Labute approximate surface area is 126 Å². The standard InChI is InChI=1S/C17H22N4/c1-3-15-16(18-4-2)19-11-20-17(15)21-14-9-8-12-6-5-7-13(12)10-14/h8-11H,3-7H2,1-2H3,(H2,18,19,20,21). The van der Waals surface area contributed by atoms with Gasteiger partial charge in [-0.2, -0.15) is 0 Å². The van der Waals surface area contributed by atoms with Crippen LogP contribution in [0.1, 0.15) is 37.0 Å². The molecule has 2 N–H and O–H groups in total. The van der Waals surface area contributed by atoms with Crippen molar-refractivity contribution in [1.82, 2.24) is 9.97 Å². The molecule has 0 bridgehead atoms. The number of hydrogen-bond donors (Lipinski definition) is 2. The van der Waals surface area contributed by atoms with Crippen LogP contribution in [-0.4, -0.2) is 16.5 Å². The number of nitrogens with one attached hydrogen (secondary N) is 2. The molecule has 1 heterocycles. The minimum absolute atomic E-state index is 0.863. The summed E-state index contributed by atoms with van der Waals surface area (Å²) in [6.07, 6.45) is 6.20. The zero-order valence-corrected chi connectivity index (χ0v) is 12.7. The van der Waals surface area contributed by atoms with Crippen molar-refractivity contribution in [3.8, 4) is 0 Å². The van der Waals surface area contributed by atoms with E-state index < -0.39 is 0 Å². The summed E-state index contributed by atoms with van der Waals surface area (Å²) in [6, 6.07) is 6.65. The molecule has 4 heteroatoms. The zero-order chi connectivity index (χ0) is 14.7. The smallest absolute Gasteiger partial charge is 0.139 e. The second-order valence-corrected chi connectivity index (χ2v) is 5.40. The maximum atomic E-state index is 4.42. The molecule has 0 saturated heterocycles. The van der Waals surface area contributed by atoms with E-state index in [1.807, 2.05) is 0 Å². The Morgan fingerprint density at radius 1 is 1.05 bits per heavy atom. The number of benzene rings is 1. The molecule has 0 atom stereocenters. The monoisotopic (exact) mass is 282 g/mol. The van der Waals surface area contributed by atoms with E-state index in [-0.39, 0.29) is 0 Å². The van der Waals surface area contributed by atoms with Crippen LogP contribution in [0.15, 0.2) is 24.5 Å². The van der Waals surface area contributed by atoms with Crippen LogP contribution in [0.3, 0.4) is 0 Å². The first-order valence-electron chi connectivity index (χ1n) is 7.78. The molecule has 0 unspecified atom stereocenters. The summed E-state index contributed by atoms with van der Waals surface area (Å²) in [6.45, 7) is 5.07. The molecule has 1 aromatic carbocycles. The average molecular weight is 282 g/mol. The summed E-state index contributed by atoms with van der Waals surface area (Å²) in [5.41, 5.74) is 5.22. The number of aromatic nitrogens is 2. The summed E-state index contributed by atoms with van der Waals surface area (Å²) in [4.78, 5) is 8.76. The van der Waals surface area contributed by atoms with E-state index in [1.54, 1.807) is 6.33 Å². The van der Waals surface area contributed by atoms with Crippen LogP contribution in [0.4, 0.5) is 17.3 Å². The van der Waals surface area contributed by atoms with Crippen LogP contribution < -0.4 is 10.6 Å². The SMILES string of the molecule is CCNc1ncnc(Nc2ccc3c(c2)CCC3)c1CC. The van der Waals surface area contributed by atoms with Crippen molar-refractivity contribution in [2.24, 2.45) is 0 Å². The largest absolute Gasteiger partial charge is 0.370 e. The van der Waals surface area contributed by atoms with Gasteiger partial charge in [-0.25, -0.2) is 9.97 Å². The molecule has 0 radical (unpaired) electrons. The third-order valence-corrected chi connectivity index (χ3v) is 4.00. The van der Waals surface area contributed by atoms with E-state index in [1.165, 1.54) is 30.4 Å². The number of hydrogen-bond acceptors (Lipinski definition) is 4. The van der Waals surface area contributed by atoms with Crippen LogP contribution in [0.5, 0.6) is 0 Å². The highest BCUT2D eigenvalue weighted by Crippen LogP contribution is 2.28. The predicted octanol–water partition coefficient (Wildman–Crippen LogP) is 3.70. The van der Waals surface area contributed by atoms with Gasteiger partial charge < -0.3 is 10.6 Å². The van der Waals surface area contributed by atoms with E-state index in [4.69, 9.17) is 0 Å². The zero-order valence-electron chi connectivity index (χ0n) is 12.7. The number of aryl methyl sites for hydroxylation is 2. The molecular formula is C17H22N4. The summed E-state index contributed by atoms with van der Waals surface area (Å²) >= 11 is 0. The summed E-state index contributed by atoms with van der Waals surface area (Å²) in [5, 5.41) is 6.76. The molecule has 1 aromatic heterocycles. The molecule has 0 amide bonds. The second-order valence-electron chi connectivity index (χ2n) is 5.40. The summed E-state index contributed by atoms with van der Waals surface area (Å²) in [7, 11) is 0. The highest BCUT2D eigenvalue weighted by atomic mass is 15.1. The normalized spacial score (nSPS) is 13.0. The molecule has 0 aliphatic heterocycles. The van der Waals surface area contributed by atoms with Crippen molar-refractivity contribution in [3.05, 3.63) is 41.2 Å². The van der Waals surface area contributed by atoms with Gasteiger partial charge in [0.15, 0.2) is 0 Å². The molecule has 3 rings (SSSR count). The van der Waals surface area contributed by atoms with Crippen molar-refractivity contribution >= 4 is 17.3 Å². The summed E-state index contributed by atoms with van der Waals surface area (Å²) < 4.78 is 0. The first-order valence-corrected chi connectivity index (χ1v) is 7.78. The summed E-state index contributed by atoms with van der Waals surface area (Å²) in [5.74, 6) is 1.83. The average Bonchev–Trinajstić information content (AvgIpc) is 2.95. The molecule has 110 valence electrons. The molecular weight excluding hydrogens is 260 g/mol. The van der Waals surface area contributed by atoms with Gasteiger partial charge in [0.2, 0.25) is 0 Å². The predicted molar refractivity (Wildman–Crippen MR) is 87.3 cm³/mol. The van der Waals surface area contributed by atoms with Gasteiger partial charge in [-0.15, -0.1) is 0 Å². The Morgan fingerprint density at radius 2 is 1.86 bits per heavy atom. The number of fused-ring (bicyclic) bond motifs is 1. The van der Waals surface area contributed by atoms with E-state index in [2.05, 4.69) is 52.6 Å². The fourth-order valence-corrected chi connectivity index (χ4v) is 2.96. The van der Waals surface area contributed by atoms with E-state index >= 15 is 0 Å². The van der Waals surface area contributed by atoms with Crippen molar-refractivity contribution < 1.29 is 0 Å². The van der Waals surface area contributed by atoms with Crippen LogP contribution in [0.2, 0.25) is 0 Å². The van der Waals surface area contributed by atoms with Gasteiger partial charge in [0.1, 0.15) is 18.0 Å². The van der Waals surface area contributed by atoms with Gasteiger partial charge in [0, 0.05) is 17.8 Å². The molecule has 2 aromatic rings. The molecule has 0 spiro atoms. The van der Waals surface area contributed by atoms with E-state index in [0.29, 0.717) is 0 Å². The Balaban J connectivity index is 1.89. The lowest BCUT2D eigenvalue weighted by atomic mass is 10.1. The van der Waals surface area contributed by atoms with Crippen LogP contribution in [0.25, 0.3) is 0 Å². The second kappa shape index (κ2) is 6.12. The minimum atomic E-state index is 0.863. The van der Waals surface area contributed by atoms with Crippen molar-refractivity contribution in [1.29, 1.82) is 0 Å². The Morgan fingerprint density at radius 3 is 2.67 bits per heavy atom. The lowest BCUT2D eigenvalue weighted by Crippen LogP contribution is -2.07. The fraction of sp³-hybridized carbons (Fsp3) is 0.412. The maximum absolute atomic E-state index is 4.42. The first kappa shape index (κ1) is 13.9. The molecule has 1 aliphatic rings. The minimum Gasteiger partial charge on any atom is -0.370 e. The number of rotatable bonds is 5. The van der Waals surface area contributed by atoms with Crippen LogP contribution in [0, 0.1) is 0 Å². The van der Waals surface area contributed by atoms with Crippen LogP contribution >= 0.6 is 0 Å². The van der Waals surface area contributed by atoms with Gasteiger partial charge in [0.05, 0.1) is 0 Å². The fourth-order valence-electron chi connectivity index (χ4n) is 2.96. The van der Waals surface area contributed by atoms with E-state index in [9.17, 15) is 0 Å². The van der Waals surface area contributed by atoms with Crippen LogP contribution in [-0.2, 0) is 19.3 Å². The molecule has 21 heavy (non-hydrogen) atoms. The number of anilines is 3. The lowest BCUT2D eigenvalue weighted by Gasteiger charge is -2.14. The Hall–Kier alpha value is -2.10. The highest BCUT2D eigenvalue weighted by Gasteiger charge is 2.13. The Kier molecular flexibility index (Phi) is 4.04. The van der Waals surface area contributed by atoms with E-state index in [0.717, 1.165) is 35.9 Å². The third-order valence-electron chi connectivity index (χ3n) is 4.00.